The van der Waals surface area contributed by atoms with E-state index in [1.165, 1.54) is 0 Å². The van der Waals surface area contributed by atoms with Crippen molar-refractivity contribution < 1.29 is 18.9 Å². The number of benzene rings is 2. The van der Waals surface area contributed by atoms with E-state index < -0.39 is 5.79 Å². The van der Waals surface area contributed by atoms with E-state index in [0.29, 0.717) is 6.61 Å². The van der Waals surface area contributed by atoms with Gasteiger partial charge in [0.1, 0.15) is 17.2 Å². The molecule has 0 radical (unpaired) electrons. The lowest BCUT2D eigenvalue weighted by Gasteiger charge is -2.35. The van der Waals surface area contributed by atoms with Crippen molar-refractivity contribution in [3.63, 3.8) is 0 Å². The maximum atomic E-state index is 6.18. The number of hydrogen-bond acceptors (Lipinski definition) is 4. The summed E-state index contributed by atoms with van der Waals surface area (Å²) in [5.41, 5.74) is 1.75. The summed E-state index contributed by atoms with van der Waals surface area (Å²) < 4.78 is 23.6. The molecular weight excluding hydrogens is 268 g/mol. The fourth-order valence-electron chi connectivity index (χ4n) is 2.94. The lowest BCUT2D eigenvalue weighted by molar-refractivity contribution is -0.145. The summed E-state index contributed by atoms with van der Waals surface area (Å²) in [6, 6.07) is 13.5. The van der Waals surface area contributed by atoms with Crippen molar-refractivity contribution in [2.75, 3.05) is 13.7 Å². The Morgan fingerprint density at radius 3 is 2.67 bits per heavy atom. The van der Waals surface area contributed by atoms with Crippen molar-refractivity contribution in [1.29, 1.82) is 0 Å². The smallest absolute Gasteiger partial charge is 0.230 e. The minimum atomic E-state index is -0.905. The number of hydrogen-bond donors (Lipinski definition) is 0. The van der Waals surface area contributed by atoms with Gasteiger partial charge in [0.05, 0.1) is 30.9 Å². The normalized spacial score (nSPS) is 26.1. The van der Waals surface area contributed by atoms with Crippen LogP contribution in [0.2, 0.25) is 0 Å². The molecule has 0 amide bonds. The highest BCUT2D eigenvalue weighted by Gasteiger charge is 2.49. The molecule has 2 aliphatic rings. The third-order valence-corrected chi connectivity index (χ3v) is 3.89. The molecule has 2 unspecified atom stereocenters. The second-order valence-electron chi connectivity index (χ2n) is 5.32. The molecule has 2 aromatic carbocycles. The van der Waals surface area contributed by atoms with E-state index >= 15 is 0 Å². The van der Waals surface area contributed by atoms with Crippen molar-refractivity contribution in [3.05, 3.63) is 53.6 Å². The molecular formula is C17H16O4. The lowest BCUT2D eigenvalue weighted by Crippen LogP contribution is -2.32. The second-order valence-corrected chi connectivity index (χ2v) is 5.32. The van der Waals surface area contributed by atoms with Crippen molar-refractivity contribution in [2.45, 2.75) is 18.8 Å². The summed E-state index contributed by atoms with van der Waals surface area (Å²) in [6.07, 6.45) is 0.0233. The average molecular weight is 284 g/mol. The predicted molar refractivity (Wildman–Crippen MR) is 76.8 cm³/mol. The molecule has 0 aromatic heterocycles. The van der Waals surface area contributed by atoms with Crippen LogP contribution in [0.25, 0.3) is 0 Å². The molecule has 0 saturated carbocycles. The Kier molecular flexibility index (Phi) is 2.71. The highest BCUT2D eigenvalue weighted by Crippen LogP contribution is 2.52. The molecule has 4 heteroatoms. The van der Waals surface area contributed by atoms with Crippen LogP contribution in [0.3, 0.4) is 0 Å². The lowest BCUT2D eigenvalue weighted by atomic mass is 9.93. The van der Waals surface area contributed by atoms with Crippen molar-refractivity contribution >= 4 is 0 Å². The first kappa shape index (κ1) is 12.7. The van der Waals surface area contributed by atoms with Gasteiger partial charge in [0, 0.05) is 0 Å². The minimum absolute atomic E-state index is 0.0233. The van der Waals surface area contributed by atoms with E-state index in [1.807, 2.05) is 49.4 Å². The maximum absolute atomic E-state index is 6.18. The van der Waals surface area contributed by atoms with Gasteiger partial charge in [0.25, 0.3) is 0 Å². The molecule has 0 bridgehead atoms. The maximum Gasteiger partial charge on any atom is 0.230 e. The Balaban J connectivity index is 1.96. The van der Waals surface area contributed by atoms with Gasteiger partial charge in [-0.3, -0.25) is 0 Å². The minimum Gasteiger partial charge on any atom is -0.497 e. The van der Waals surface area contributed by atoms with E-state index in [9.17, 15) is 0 Å². The van der Waals surface area contributed by atoms with Crippen LogP contribution in [-0.4, -0.2) is 19.8 Å². The van der Waals surface area contributed by atoms with Crippen LogP contribution in [-0.2, 0) is 15.3 Å². The number of ether oxygens (including phenoxy) is 4. The number of para-hydroxylation sites is 1. The summed E-state index contributed by atoms with van der Waals surface area (Å²) in [6.45, 7) is 2.55. The number of fused-ring (bicyclic) bond motifs is 4. The Bertz CT molecular complexity index is 697. The van der Waals surface area contributed by atoms with Gasteiger partial charge in [-0.15, -0.1) is 0 Å². The highest BCUT2D eigenvalue weighted by atomic mass is 16.7. The van der Waals surface area contributed by atoms with Gasteiger partial charge in [-0.2, -0.15) is 0 Å². The molecule has 1 saturated heterocycles. The Morgan fingerprint density at radius 2 is 1.90 bits per heavy atom. The van der Waals surface area contributed by atoms with Crippen molar-refractivity contribution in [2.24, 2.45) is 0 Å². The SMILES string of the molecule is COc1ccc2c(c1)C1(OCC(C)O1)c1ccccc1O2. The molecule has 4 rings (SSSR count). The van der Waals surface area contributed by atoms with E-state index in [0.717, 1.165) is 28.4 Å². The number of rotatable bonds is 1. The van der Waals surface area contributed by atoms with Gasteiger partial charge >= 0.3 is 0 Å². The summed E-state index contributed by atoms with van der Waals surface area (Å²) in [4.78, 5) is 0. The molecule has 4 nitrogen and oxygen atoms in total. The van der Waals surface area contributed by atoms with Crippen LogP contribution in [0, 0.1) is 0 Å². The van der Waals surface area contributed by atoms with E-state index in [-0.39, 0.29) is 6.10 Å². The number of methoxy groups -OCH3 is 1. The van der Waals surface area contributed by atoms with E-state index in [2.05, 4.69) is 0 Å². The van der Waals surface area contributed by atoms with Crippen LogP contribution in [0.5, 0.6) is 17.2 Å². The van der Waals surface area contributed by atoms with E-state index in [1.54, 1.807) is 7.11 Å². The largest absolute Gasteiger partial charge is 0.497 e. The van der Waals surface area contributed by atoms with Crippen LogP contribution >= 0.6 is 0 Å². The Hall–Kier alpha value is -2.04. The second kappa shape index (κ2) is 4.48. The zero-order chi connectivity index (χ0) is 14.4. The van der Waals surface area contributed by atoms with Crippen LogP contribution in [0.1, 0.15) is 18.1 Å². The Labute approximate surface area is 123 Å². The molecule has 1 spiro atoms. The highest BCUT2D eigenvalue weighted by molar-refractivity contribution is 5.56. The molecule has 0 aliphatic carbocycles. The first-order valence-corrected chi connectivity index (χ1v) is 7.00. The molecule has 21 heavy (non-hydrogen) atoms. The van der Waals surface area contributed by atoms with Gasteiger partial charge < -0.3 is 18.9 Å². The van der Waals surface area contributed by atoms with Crippen LogP contribution in [0.4, 0.5) is 0 Å². The third kappa shape index (κ3) is 1.76. The monoisotopic (exact) mass is 284 g/mol. The van der Waals surface area contributed by atoms with E-state index in [4.69, 9.17) is 18.9 Å². The first-order valence-electron chi connectivity index (χ1n) is 7.00. The average Bonchev–Trinajstić information content (AvgIpc) is 2.90. The zero-order valence-electron chi connectivity index (χ0n) is 12.0. The molecule has 108 valence electrons. The van der Waals surface area contributed by atoms with Gasteiger partial charge in [0.2, 0.25) is 5.79 Å². The topological polar surface area (TPSA) is 36.9 Å². The predicted octanol–water partition coefficient (Wildman–Crippen LogP) is 3.44. The van der Waals surface area contributed by atoms with Crippen LogP contribution in [0.15, 0.2) is 42.5 Å². The zero-order valence-corrected chi connectivity index (χ0v) is 12.0. The van der Waals surface area contributed by atoms with Crippen LogP contribution < -0.4 is 9.47 Å². The van der Waals surface area contributed by atoms with Crippen molar-refractivity contribution in [3.8, 4) is 17.2 Å². The Morgan fingerprint density at radius 1 is 1.10 bits per heavy atom. The fourth-order valence-corrected chi connectivity index (χ4v) is 2.94. The molecule has 2 heterocycles. The molecule has 1 fully saturated rings. The van der Waals surface area contributed by atoms with Gasteiger partial charge in [-0.25, -0.2) is 0 Å². The van der Waals surface area contributed by atoms with Gasteiger partial charge in [0.15, 0.2) is 0 Å². The van der Waals surface area contributed by atoms with Crippen molar-refractivity contribution in [1.82, 2.24) is 0 Å². The summed E-state index contributed by atoms with van der Waals surface area (Å²) >= 11 is 0. The third-order valence-electron chi connectivity index (χ3n) is 3.89. The molecule has 2 aliphatic heterocycles. The summed E-state index contributed by atoms with van der Waals surface area (Å²) in [5.74, 6) is 1.36. The van der Waals surface area contributed by atoms with Gasteiger partial charge in [-0.05, 0) is 37.3 Å². The summed E-state index contributed by atoms with van der Waals surface area (Å²) in [5, 5.41) is 0. The molecule has 2 aromatic rings. The van der Waals surface area contributed by atoms with Gasteiger partial charge in [-0.1, -0.05) is 12.1 Å². The fraction of sp³-hybridized carbons (Fsp3) is 0.294. The molecule has 0 N–H and O–H groups in total. The molecule has 2 atom stereocenters. The standard InChI is InChI=1S/C17H16O4/c1-11-10-19-17(21-11)13-5-3-4-6-15(13)20-16-8-7-12(18-2)9-14(16)17/h3-9,11H,10H2,1-2H3. The summed E-state index contributed by atoms with van der Waals surface area (Å²) in [7, 11) is 1.64. The first-order chi connectivity index (χ1) is 10.2. The quantitative estimate of drug-likeness (QED) is 0.804.